The first-order chi connectivity index (χ1) is 14.5. The van der Waals surface area contributed by atoms with E-state index in [-0.39, 0.29) is 23.8 Å². The SMILES string of the molecule is COC(=O)c1ccc(CN2C(=O)C3CC(O)CN3C3(CN(CC(C)(C)C)C3)C2=O)cc1. The number of methoxy groups -OCH3 is 1. The van der Waals surface area contributed by atoms with Crippen LogP contribution in [-0.2, 0) is 20.9 Å². The Kier molecular flexibility index (Phi) is 5.44. The number of aliphatic hydroxyl groups excluding tert-OH is 1. The second kappa shape index (κ2) is 7.69. The van der Waals surface area contributed by atoms with E-state index in [0.29, 0.717) is 31.6 Å². The van der Waals surface area contributed by atoms with Gasteiger partial charge >= 0.3 is 5.97 Å². The van der Waals surface area contributed by atoms with Crippen molar-refractivity contribution in [3.63, 3.8) is 0 Å². The highest BCUT2D eigenvalue weighted by molar-refractivity contribution is 6.06. The van der Waals surface area contributed by atoms with Gasteiger partial charge in [0.15, 0.2) is 0 Å². The van der Waals surface area contributed by atoms with Crippen LogP contribution in [0.4, 0.5) is 0 Å². The third kappa shape index (κ3) is 3.88. The lowest BCUT2D eigenvalue weighted by atomic mass is 9.80. The molecule has 8 nitrogen and oxygen atoms in total. The summed E-state index contributed by atoms with van der Waals surface area (Å²) in [5.41, 5.74) is 0.538. The van der Waals surface area contributed by atoms with Gasteiger partial charge in [-0.1, -0.05) is 32.9 Å². The lowest BCUT2D eigenvalue weighted by Crippen LogP contribution is -2.81. The number of rotatable bonds is 4. The van der Waals surface area contributed by atoms with Crippen molar-refractivity contribution >= 4 is 17.8 Å². The molecule has 1 spiro atoms. The molecule has 3 aliphatic rings. The molecule has 31 heavy (non-hydrogen) atoms. The zero-order valence-electron chi connectivity index (χ0n) is 18.6. The molecule has 2 unspecified atom stereocenters. The molecule has 1 aromatic rings. The Morgan fingerprint density at radius 2 is 1.84 bits per heavy atom. The van der Waals surface area contributed by atoms with Gasteiger partial charge in [-0.25, -0.2) is 4.79 Å². The predicted molar refractivity (Wildman–Crippen MR) is 113 cm³/mol. The van der Waals surface area contributed by atoms with Gasteiger partial charge in [-0.2, -0.15) is 0 Å². The van der Waals surface area contributed by atoms with Crippen molar-refractivity contribution in [3.05, 3.63) is 35.4 Å². The van der Waals surface area contributed by atoms with Crippen LogP contribution in [-0.4, -0.2) is 88.6 Å². The number of fused-ring (bicyclic) bond motifs is 2. The average Bonchev–Trinajstić information content (AvgIpc) is 3.08. The molecule has 0 bridgehead atoms. The average molecular weight is 430 g/mol. The Bertz CT molecular complexity index is 885. The highest BCUT2D eigenvalue weighted by atomic mass is 16.5. The Hall–Kier alpha value is -2.29. The molecule has 1 N–H and O–H groups in total. The number of β-amino-alcohol motifs (C(OH)–C–C–N with tert-alkyl or cyclic N) is 1. The molecule has 0 aliphatic carbocycles. The molecule has 0 radical (unpaired) electrons. The van der Waals surface area contributed by atoms with E-state index in [4.69, 9.17) is 4.74 Å². The fraction of sp³-hybridized carbons (Fsp3) is 0.609. The molecule has 1 aromatic carbocycles. The minimum Gasteiger partial charge on any atom is -0.465 e. The van der Waals surface area contributed by atoms with Gasteiger partial charge < -0.3 is 9.84 Å². The summed E-state index contributed by atoms with van der Waals surface area (Å²) < 4.78 is 4.72. The van der Waals surface area contributed by atoms with Crippen molar-refractivity contribution in [1.82, 2.24) is 14.7 Å². The fourth-order valence-electron chi connectivity index (χ4n) is 5.16. The number of amides is 2. The monoisotopic (exact) mass is 429 g/mol. The molecule has 0 saturated carbocycles. The number of hydrogen-bond donors (Lipinski definition) is 1. The highest BCUT2D eigenvalue weighted by Gasteiger charge is 2.64. The molecule has 8 heteroatoms. The molecule has 2 amide bonds. The molecule has 3 aliphatic heterocycles. The summed E-state index contributed by atoms with van der Waals surface area (Å²) >= 11 is 0. The topological polar surface area (TPSA) is 90.4 Å². The Morgan fingerprint density at radius 3 is 2.42 bits per heavy atom. The van der Waals surface area contributed by atoms with Gasteiger partial charge in [0.1, 0.15) is 5.54 Å². The molecule has 3 fully saturated rings. The van der Waals surface area contributed by atoms with Gasteiger partial charge in [0.2, 0.25) is 5.91 Å². The van der Waals surface area contributed by atoms with E-state index in [1.54, 1.807) is 24.3 Å². The lowest BCUT2D eigenvalue weighted by molar-refractivity contribution is -0.181. The van der Waals surface area contributed by atoms with Gasteiger partial charge in [0.05, 0.1) is 31.4 Å². The number of aliphatic hydroxyl groups is 1. The zero-order valence-corrected chi connectivity index (χ0v) is 18.6. The summed E-state index contributed by atoms with van der Waals surface area (Å²) in [5, 5.41) is 10.3. The van der Waals surface area contributed by atoms with Crippen molar-refractivity contribution < 1.29 is 24.2 Å². The Balaban J connectivity index is 1.56. The largest absolute Gasteiger partial charge is 0.465 e. The van der Waals surface area contributed by atoms with Crippen LogP contribution < -0.4 is 0 Å². The van der Waals surface area contributed by atoms with Crippen LogP contribution in [0.15, 0.2) is 24.3 Å². The van der Waals surface area contributed by atoms with E-state index in [0.717, 1.165) is 12.1 Å². The van der Waals surface area contributed by atoms with Gasteiger partial charge in [-0.05, 0) is 29.5 Å². The van der Waals surface area contributed by atoms with E-state index >= 15 is 0 Å². The Morgan fingerprint density at radius 1 is 1.19 bits per heavy atom. The minimum atomic E-state index is -0.757. The first kappa shape index (κ1) is 21.9. The smallest absolute Gasteiger partial charge is 0.337 e. The summed E-state index contributed by atoms with van der Waals surface area (Å²) in [6, 6.07) is 6.27. The van der Waals surface area contributed by atoms with Gasteiger partial charge in [-0.3, -0.25) is 24.3 Å². The molecular formula is C23H31N3O5. The normalized spacial score (nSPS) is 26.2. The third-order valence-corrected chi connectivity index (χ3v) is 6.41. The van der Waals surface area contributed by atoms with Crippen LogP contribution in [0.2, 0.25) is 0 Å². The van der Waals surface area contributed by atoms with Crippen molar-refractivity contribution in [2.45, 2.75) is 51.4 Å². The summed E-state index contributed by atoms with van der Waals surface area (Å²) in [7, 11) is 1.32. The molecular weight excluding hydrogens is 398 g/mol. The maximum Gasteiger partial charge on any atom is 0.337 e. The van der Waals surface area contributed by atoms with Crippen LogP contribution in [0.1, 0.15) is 43.1 Å². The summed E-state index contributed by atoms with van der Waals surface area (Å²) in [6.45, 7) is 9.00. The number of carbonyl (C=O) groups is 3. The number of imide groups is 1. The van der Waals surface area contributed by atoms with E-state index in [9.17, 15) is 19.5 Å². The van der Waals surface area contributed by atoms with Crippen LogP contribution in [0.25, 0.3) is 0 Å². The van der Waals surface area contributed by atoms with Gasteiger partial charge in [0, 0.05) is 26.2 Å². The highest BCUT2D eigenvalue weighted by Crippen LogP contribution is 2.41. The number of piperazine rings is 1. The number of nitrogens with zero attached hydrogens (tertiary/aromatic N) is 3. The molecule has 3 heterocycles. The molecule has 0 aromatic heterocycles. The second-order valence-corrected chi connectivity index (χ2v) is 10.2. The van der Waals surface area contributed by atoms with Crippen LogP contribution in [0, 0.1) is 5.41 Å². The minimum absolute atomic E-state index is 0.111. The van der Waals surface area contributed by atoms with E-state index in [1.165, 1.54) is 12.0 Å². The second-order valence-electron chi connectivity index (χ2n) is 10.2. The number of likely N-dealkylation sites (tertiary alicyclic amines) is 1. The summed E-state index contributed by atoms with van der Waals surface area (Å²) in [5.74, 6) is -0.872. The number of benzene rings is 1. The van der Waals surface area contributed by atoms with Crippen molar-refractivity contribution in [2.24, 2.45) is 5.41 Å². The maximum atomic E-state index is 13.6. The lowest BCUT2D eigenvalue weighted by Gasteiger charge is -2.59. The van der Waals surface area contributed by atoms with Crippen molar-refractivity contribution in [3.8, 4) is 0 Å². The quantitative estimate of drug-likeness (QED) is 0.561. The number of hydrogen-bond acceptors (Lipinski definition) is 7. The molecule has 4 rings (SSSR count). The third-order valence-electron chi connectivity index (χ3n) is 6.41. The maximum absolute atomic E-state index is 13.6. The standard InChI is InChI=1S/C23H31N3O5/c1-22(2,3)12-24-13-23(14-24)21(30)25(19(28)18-9-17(27)11-26(18)23)10-15-5-7-16(8-6-15)20(29)31-4/h5-8,17-18,27H,9-14H2,1-4H3. The molecule has 2 atom stereocenters. The first-order valence-electron chi connectivity index (χ1n) is 10.7. The van der Waals surface area contributed by atoms with Crippen molar-refractivity contribution in [1.29, 1.82) is 0 Å². The fourth-order valence-corrected chi connectivity index (χ4v) is 5.16. The summed E-state index contributed by atoms with van der Waals surface area (Å²) in [4.78, 5) is 44.0. The van der Waals surface area contributed by atoms with Crippen LogP contribution in [0.5, 0.6) is 0 Å². The van der Waals surface area contributed by atoms with Crippen LogP contribution >= 0.6 is 0 Å². The predicted octanol–water partition coefficient (Wildman–Crippen LogP) is 0.878. The van der Waals surface area contributed by atoms with Crippen LogP contribution in [0.3, 0.4) is 0 Å². The summed E-state index contributed by atoms with van der Waals surface area (Å²) in [6.07, 6.45) is -0.250. The number of esters is 1. The van der Waals surface area contributed by atoms with Crippen molar-refractivity contribution in [2.75, 3.05) is 33.3 Å². The first-order valence-corrected chi connectivity index (χ1v) is 10.7. The molecule has 3 saturated heterocycles. The van der Waals surface area contributed by atoms with E-state index < -0.39 is 23.7 Å². The van der Waals surface area contributed by atoms with Gasteiger partial charge in [0.25, 0.3) is 5.91 Å². The Labute approximate surface area is 182 Å². The zero-order chi connectivity index (χ0) is 22.6. The van der Waals surface area contributed by atoms with Gasteiger partial charge in [-0.15, -0.1) is 0 Å². The number of ether oxygens (including phenoxy) is 1. The number of carbonyl (C=O) groups excluding carboxylic acids is 3. The van der Waals surface area contributed by atoms with E-state index in [2.05, 4.69) is 25.7 Å². The molecule has 168 valence electrons. The van der Waals surface area contributed by atoms with E-state index in [1.807, 2.05) is 4.90 Å².